The third-order valence-electron chi connectivity index (χ3n) is 6.32. The summed E-state index contributed by atoms with van der Waals surface area (Å²) >= 11 is 6.28. The predicted molar refractivity (Wildman–Crippen MR) is 240 cm³/mol. The fraction of sp³-hybridized carbons (Fsp3) is 0.543. The summed E-state index contributed by atoms with van der Waals surface area (Å²) in [6.45, 7) is 13.1. The standard InChI is InChI=1S/C7H12N2OS.C7H8O3.C6H10N2OS.C6H14N2O.C5H10N2O2.C3H8N2S.CH2O/c1-5(10-8)6-3-4-7(9-2)11-6;1-3-10-7-4(2)5(8)6(7)9;1-4-9-6-5(2)7-10(3)8-6;1-7-5-3-4-6(9)8-2;1-6-4(8)3-5(9)7-2;1-4-3(6)5-2;1-2/h3-5,9H,8H2,1-2H3;3H2,1-2H3;3-4H2,1-2H3;7H,3-5H2,1-2H3,(H,8,9);3H2,1-2H3,(H,6,8)(H,7,9);1-2H3,(H2,4,5,6);1H2. The van der Waals surface area contributed by atoms with Gasteiger partial charge in [-0.3, -0.25) is 28.8 Å². The highest BCUT2D eigenvalue weighted by Crippen LogP contribution is 2.27. The number of thiophene rings is 1. The predicted octanol–water partition coefficient (Wildman–Crippen LogP) is 1.28. The fourth-order valence-electron chi connectivity index (χ4n) is 3.22. The summed E-state index contributed by atoms with van der Waals surface area (Å²) in [4.78, 5) is 66.4. The molecule has 0 saturated carbocycles. The van der Waals surface area contributed by atoms with Gasteiger partial charge in [-0.1, -0.05) is 0 Å². The average Bonchev–Trinajstić information content (AvgIpc) is 3.85. The van der Waals surface area contributed by atoms with Gasteiger partial charge in [0.25, 0.3) is 5.43 Å². The van der Waals surface area contributed by atoms with Crippen molar-refractivity contribution in [2.75, 3.05) is 74.4 Å². The summed E-state index contributed by atoms with van der Waals surface area (Å²) in [5.74, 6) is 9.21. The first-order chi connectivity index (χ1) is 27.0. The van der Waals surface area contributed by atoms with Gasteiger partial charge in [-0.25, -0.2) is 10.3 Å². The average molecular weight is 865 g/mol. The highest BCUT2D eigenvalue weighted by molar-refractivity contribution is 8.12. The highest BCUT2D eigenvalue weighted by atomic mass is 32.2. The molecular formula is C35H64N10O9S3. The second-order valence-corrected chi connectivity index (χ2v) is 12.9. The van der Waals surface area contributed by atoms with Crippen LogP contribution in [0.1, 0.15) is 63.5 Å². The fourth-order valence-corrected chi connectivity index (χ4v) is 4.88. The molecule has 57 heavy (non-hydrogen) atoms. The topological polar surface area (TPSA) is 265 Å². The molecule has 9 N–H and O–H groups in total. The van der Waals surface area contributed by atoms with Crippen LogP contribution in [-0.4, -0.2) is 116 Å². The minimum absolute atomic E-state index is 0.0119. The number of amides is 3. The zero-order valence-corrected chi connectivity index (χ0v) is 37.7. The number of ether oxygens (including phenoxy) is 2. The van der Waals surface area contributed by atoms with Gasteiger partial charge in [0.05, 0.1) is 18.2 Å². The molecule has 0 bridgehead atoms. The third-order valence-corrected chi connectivity index (χ3v) is 8.86. The first-order valence-electron chi connectivity index (χ1n) is 17.3. The molecule has 1 aliphatic rings. The molecule has 1 aromatic heterocycles. The second kappa shape index (κ2) is 38.3. The summed E-state index contributed by atoms with van der Waals surface area (Å²) in [6.07, 6.45) is 1.43. The van der Waals surface area contributed by atoms with E-state index in [-0.39, 0.29) is 36.0 Å². The quantitative estimate of drug-likeness (QED) is 0.0491. The summed E-state index contributed by atoms with van der Waals surface area (Å²) < 4.78 is 18.2. The molecule has 22 heteroatoms. The van der Waals surface area contributed by atoms with Gasteiger partial charge in [0, 0.05) is 70.0 Å². The van der Waals surface area contributed by atoms with E-state index in [0.717, 1.165) is 28.6 Å². The Bertz CT molecular complexity index is 1570. The smallest absolute Gasteiger partial charge is 0.268 e. The van der Waals surface area contributed by atoms with E-state index in [1.54, 1.807) is 46.3 Å². The summed E-state index contributed by atoms with van der Waals surface area (Å²) in [5, 5.41) is 20.5. The molecule has 0 radical (unpaired) electrons. The van der Waals surface area contributed by atoms with Gasteiger partial charge in [0.1, 0.15) is 25.0 Å². The summed E-state index contributed by atoms with van der Waals surface area (Å²) in [6, 6.07) is 4.02. The van der Waals surface area contributed by atoms with Crippen LogP contribution in [0.3, 0.4) is 0 Å². The van der Waals surface area contributed by atoms with E-state index in [0.29, 0.717) is 36.2 Å². The van der Waals surface area contributed by atoms with Gasteiger partial charge >= 0.3 is 0 Å². The molecule has 2 atom stereocenters. The van der Waals surface area contributed by atoms with Crippen LogP contribution in [0.25, 0.3) is 0 Å². The largest absolute Gasteiger partial charge is 0.489 e. The van der Waals surface area contributed by atoms with E-state index in [1.165, 1.54) is 14.1 Å². The monoisotopic (exact) mass is 864 g/mol. The van der Waals surface area contributed by atoms with Crippen molar-refractivity contribution in [2.24, 2.45) is 14.7 Å². The molecule has 2 heterocycles. The van der Waals surface area contributed by atoms with Crippen LogP contribution in [0.15, 0.2) is 30.5 Å². The molecule has 0 aliphatic carbocycles. The van der Waals surface area contributed by atoms with Gasteiger partial charge in [0.15, 0.2) is 10.9 Å². The van der Waals surface area contributed by atoms with Crippen molar-refractivity contribution < 1.29 is 33.5 Å². The normalized spacial score (nSPS) is 12.1. The van der Waals surface area contributed by atoms with E-state index in [4.69, 9.17) is 20.2 Å². The highest BCUT2D eigenvalue weighted by Gasteiger charge is 2.17. The Morgan fingerprint density at radius 2 is 1.39 bits per heavy atom. The van der Waals surface area contributed by atoms with Crippen molar-refractivity contribution in [3.63, 3.8) is 0 Å². The molecule has 2 unspecified atom stereocenters. The van der Waals surface area contributed by atoms with Crippen LogP contribution in [0, 0.1) is 6.92 Å². The Kier molecular flexibility index (Phi) is 39.7. The number of hydrogen-bond donors (Lipinski definition) is 8. The van der Waals surface area contributed by atoms with Crippen molar-refractivity contribution >= 4 is 86.5 Å². The van der Waals surface area contributed by atoms with Crippen molar-refractivity contribution in [2.45, 2.75) is 60.0 Å². The SMILES string of the molecule is C=O.C=S1N=C(C)C(OCC)=N1.CCOc1c(C)c(=O)c1=O.CNC(=O)CC(=O)NC.CNC(=S)NC.CNCCCC(=O)NC.CNc1ccc(C(C)ON)s1. The zero-order chi connectivity index (χ0) is 44.9. The van der Waals surface area contributed by atoms with Crippen molar-refractivity contribution in [3.05, 3.63) is 43.0 Å². The van der Waals surface area contributed by atoms with Crippen LogP contribution in [0.5, 0.6) is 5.75 Å². The van der Waals surface area contributed by atoms with E-state index >= 15 is 0 Å². The first kappa shape index (κ1) is 59.1. The molecule has 3 amide bonds. The maximum absolute atomic E-state index is 10.6. The number of carbonyl (C=O) groups is 4. The molecule has 3 rings (SSSR count). The summed E-state index contributed by atoms with van der Waals surface area (Å²) in [5.41, 5.74) is 0.412. The minimum atomic E-state index is -0.487. The van der Waals surface area contributed by atoms with E-state index in [1.807, 2.05) is 53.8 Å². The van der Waals surface area contributed by atoms with Gasteiger partial charge in [-0.2, -0.15) is 4.40 Å². The van der Waals surface area contributed by atoms with Gasteiger partial charge in [0.2, 0.25) is 29.0 Å². The van der Waals surface area contributed by atoms with Crippen LogP contribution >= 0.6 is 34.4 Å². The van der Waals surface area contributed by atoms with Crippen molar-refractivity contribution in [3.8, 4) is 5.75 Å². The zero-order valence-electron chi connectivity index (χ0n) is 35.3. The van der Waals surface area contributed by atoms with Crippen molar-refractivity contribution in [1.29, 1.82) is 0 Å². The van der Waals surface area contributed by atoms with Gasteiger partial charge < -0.3 is 51.5 Å². The minimum Gasteiger partial charge on any atom is -0.489 e. The lowest BCUT2D eigenvalue weighted by atomic mass is 10.1. The lowest BCUT2D eigenvalue weighted by molar-refractivity contribution is -0.128. The molecule has 326 valence electrons. The summed E-state index contributed by atoms with van der Waals surface area (Å²) in [7, 11) is 11.5. The number of nitrogens with zero attached hydrogens (tertiary/aromatic N) is 2. The van der Waals surface area contributed by atoms with Crippen LogP contribution < -0.4 is 58.7 Å². The maximum atomic E-state index is 10.6. The molecule has 1 aromatic carbocycles. The Morgan fingerprint density at radius 1 is 0.860 bits per heavy atom. The number of hydrogen-bond acceptors (Lipinski definition) is 16. The van der Waals surface area contributed by atoms with Crippen molar-refractivity contribution in [1.82, 2.24) is 31.9 Å². The Morgan fingerprint density at radius 3 is 1.72 bits per heavy atom. The van der Waals surface area contributed by atoms with Crippen LogP contribution in [0.4, 0.5) is 5.00 Å². The molecular weight excluding hydrogens is 801 g/mol. The first-order valence-corrected chi connectivity index (χ1v) is 19.9. The third kappa shape index (κ3) is 29.3. The molecule has 19 nitrogen and oxygen atoms in total. The van der Waals surface area contributed by atoms with E-state index in [9.17, 15) is 24.0 Å². The molecule has 0 spiro atoms. The number of anilines is 1. The van der Waals surface area contributed by atoms with Gasteiger partial charge in [-0.15, -0.1) is 11.3 Å². The van der Waals surface area contributed by atoms with Crippen LogP contribution in [0.2, 0.25) is 0 Å². The number of nitrogens with one attached hydrogen (secondary N) is 7. The Hall–Kier alpha value is -4.61. The lowest BCUT2D eigenvalue weighted by Gasteiger charge is -2.05. The maximum Gasteiger partial charge on any atom is 0.268 e. The lowest BCUT2D eigenvalue weighted by Crippen LogP contribution is -2.35. The van der Waals surface area contributed by atoms with Gasteiger partial charge in [-0.05, 0) is 84.9 Å². The van der Waals surface area contributed by atoms with Crippen LogP contribution in [-0.2, 0) is 28.8 Å². The number of rotatable bonds is 12. The van der Waals surface area contributed by atoms with E-state index < -0.39 is 21.7 Å². The Balaban J connectivity index is -0.000000295. The Labute approximate surface area is 348 Å². The second-order valence-electron chi connectivity index (χ2n) is 10.4. The molecule has 0 saturated heterocycles. The number of carbonyl (C=O) groups excluding carboxylic acids is 4. The molecule has 0 fully saturated rings. The molecule has 2 aromatic rings. The molecule has 1 aliphatic heterocycles. The number of nitrogens with two attached hydrogens (primary N) is 1. The number of thiocarbonyl (C=S) groups is 1. The van der Waals surface area contributed by atoms with E-state index in [2.05, 4.69) is 68.9 Å².